The zero-order valence-electron chi connectivity index (χ0n) is 15.3. The Morgan fingerprint density at radius 1 is 1.04 bits per heavy atom. The van der Waals surface area contributed by atoms with E-state index in [1.807, 2.05) is 19.1 Å². The van der Waals surface area contributed by atoms with Gasteiger partial charge >= 0.3 is 5.97 Å². The van der Waals surface area contributed by atoms with Crippen molar-refractivity contribution in [2.24, 2.45) is 0 Å². The van der Waals surface area contributed by atoms with Gasteiger partial charge in [0.25, 0.3) is 0 Å². The average molecular weight is 364 g/mol. The van der Waals surface area contributed by atoms with Crippen molar-refractivity contribution < 1.29 is 18.7 Å². The Bertz CT molecular complexity index is 1040. The zero-order chi connectivity index (χ0) is 19.4. The van der Waals surface area contributed by atoms with Crippen LogP contribution in [0.5, 0.6) is 0 Å². The normalized spacial score (nSPS) is 10.7. The van der Waals surface area contributed by atoms with Gasteiger partial charge in [-0.15, -0.1) is 0 Å². The molecule has 0 fully saturated rings. The van der Waals surface area contributed by atoms with E-state index < -0.39 is 12.6 Å². The molecule has 2 aromatic carbocycles. The molecule has 0 radical (unpaired) electrons. The van der Waals surface area contributed by atoms with Crippen LogP contribution in [0.15, 0.2) is 57.7 Å². The summed E-state index contributed by atoms with van der Waals surface area (Å²) >= 11 is 0. The summed E-state index contributed by atoms with van der Waals surface area (Å²) in [5.74, 6) is -1.38. The van der Waals surface area contributed by atoms with Crippen LogP contribution < -0.4 is 5.43 Å². The molecule has 1 aromatic heterocycles. The van der Waals surface area contributed by atoms with Gasteiger partial charge in [0.15, 0.2) is 17.8 Å². The van der Waals surface area contributed by atoms with Crippen molar-refractivity contribution in [3.05, 3.63) is 81.2 Å². The highest BCUT2D eigenvalue weighted by molar-refractivity contribution is 5.99. The van der Waals surface area contributed by atoms with Crippen molar-refractivity contribution in [1.29, 1.82) is 0 Å². The maximum Gasteiger partial charge on any atom is 0.374 e. The topological polar surface area (TPSA) is 73.6 Å². The van der Waals surface area contributed by atoms with E-state index in [2.05, 4.69) is 6.92 Å². The number of hydrogen-bond donors (Lipinski definition) is 0. The number of benzene rings is 2. The van der Waals surface area contributed by atoms with Crippen molar-refractivity contribution >= 4 is 22.7 Å². The molecule has 27 heavy (non-hydrogen) atoms. The highest BCUT2D eigenvalue weighted by Gasteiger charge is 2.16. The van der Waals surface area contributed by atoms with Crippen LogP contribution in [-0.4, -0.2) is 18.4 Å². The predicted molar refractivity (Wildman–Crippen MR) is 102 cm³/mol. The summed E-state index contributed by atoms with van der Waals surface area (Å²) in [6.45, 7) is 3.54. The van der Waals surface area contributed by atoms with E-state index >= 15 is 0 Å². The summed E-state index contributed by atoms with van der Waals surface area (Å²) < 4.78 is 10.5. The minimum absolute atomic E-state index is 0.220. The number of rotatable bonds is 6. The quantitative estimate of drug-likeness (QED) is 0.486. The van der Waals surface area contributed by atoms with Gasteiger partial charge in [-0.2, -0.15) is 0 Å². The fourth-order valence-corrected chi connectivity index (χ4v) is 2.80. The maximum atomic E-state index is 12.2. The second kappa shape index (κ2) is 7.99. The molecule has 0 bridgehead atoms. The van der Waals surface area contributed by atoms with Crippen LogP contribution in [0.3, 0.4) is 0 Å². The van der Waals surface area contributed by atoms with Crippen LogP contribution >= 0.6 is 0 Å². The van der Waals surface area contributed by atoms with E-state index in [4.69, 9.17) is 9.15 Å². The molecule has 0 aliphatic carbocycles. The summed E-state index contributed by atoms with van der Waals surface area (Å²) in [7, 11) is 0. The summed E-state index contributed by atoms with van der Waals surface area (Å²) in [5, 5.41) is 0.398. The molecule has 0 amide bonds. The molecule has 0 spiro atoms. The van der Waals surface area contributed by atoms with Gasteiger partial charge < -0.3 is 9.15 Å². The van der Waals surface area contributed by atoms with E-state index in [1.54, 1.807) is 30.3 Å². The highest BCUT2D eigenvalue weighted by atomic mass is 16.5. The second-order valence-corrected chi connectivity index (χ2v) is 6.42. The SMILES string of the molecule is CCCc1ccc(C(=O)COC(=O)c2cc(=O)c3cc(C)ccc3o2)cc1. The van der Waals surface area contributed by atoms with E-state index in [-0.39, 0.29) is 17.0 Å². The average Bonchev–Trinajstić information content (AvgIpc) is 2.67. The van der Waals surface area contributed by atoms with Gasteiger partial charge in [0.05, 0.1) is 5.39 Å². The monoisotopic (exact) mass is 364 g/mol. The number of ketones is 1. The molecule has 3 rings (SSSR count). The molecule has 0 saturated heterocycles. The van der Waals surface area contributed by atoms with Crippen molar-refractivity contribution in [1.82, 2.24) is 0 Å². The molecule has 1 heterocycles. The van der Waals surface area contributed by atoms with E-state index in [0.717, 1.165) is 30.0 Å². The Kier molecular flexibility index (Phi) is 5.50. The molecule has 5 nitrogen and oxygen atoms in total. The molecule has 0 aliphatic heterocycles. The minimum atomic E-state index is -0.842. The van der Waals surface area contributed by atoms with Crippen LogP contribution in [-0.2, 0) is 11.2 Å². The number of Topliss-reactive ketones (excluding diaryl/α,β-unsaturated/α-hetero) is 1. The molecule has 138 valence electrons. The third-order valence-corrected chi connectivity index (χ3v) is 4.23. The van der Waals surface area contributed by atoms with Gasteiger partial charge in [0, 0.05) is 11.6 Å². The van der Waals surface area contributed by atoms with Crippen LogP contribution in [0.25, 0.3) is 11.0 Å². The number of hydrogen-bond acceptors (Lipinski definition) is 5. The van der Waals surface area contributed by atoms with E-state index in [9.17, 15) is 14.4 Å². The second-order valence-electron chi connectivity index (χ2n) is 6.42. The number of fused-ring (bicyclic) bond motifs is 1. The van der Waals surface area contributed by atoms with Gasteiger partial charge in [-0.25, -0.2) is 4.79 Å². The summed E-state index contributed by atoms with van der Waals surface area (Å²) in [5.41, 5.74) is 2.51. The number of esters is 1. The third-order valence-electron chi connectivity index (χ3n) is 4.23. The van der Waals surface area contributed by atoms with Crippen molar-refractivity contribution in [2.75, 3.05) is 6.61 Å². The standard InChI is InChI=1S/C22H20O5/c1-3-4-15-6-8-16(9-7-15)19(24)13-26-22(25)21-12-18(23)17-11-14(2)5-10-20(17)27-21/h5-12H,3-4,13H2,1-2H3. The van der Waals surface area contributed by atoms with Crippen molar-refractivity contribution in [2.45, 2.75) is 26.7 Å². The lowest BCUT2D eigenvalue weighted by molar-refractivity contribution is 0.0444. The first kappa shape index (κ1) is 18.6. The fraction of sp³-hybridized carbons (Fsp3) is 0.227. The first-order valence-corrected chi connectivity index (χ1v) is 8.81. The summed E-state index contributed by atoms with van der Waals surface area (Å²) in [6.07, 6.45) is 1.98. The number of ether oxygens (including phenoxy) is 1. The Labute approximate surface area is 156 Å². The highest BCUT2D eigenvalue weighted by Crippen LogP contribution is 2.15. The smallest absolute Gasteiger partial charge is 0.374 e. The maximum absolute atomic E-state index is 12.2. The Morgan fingerprint density at radius 2 is 1.78 bits per heavy atom. The van der Waals surface area contributed by atoms with Gasteiger partial charge in [0.1, 0.15) is 5.58 Å². The number of carbonyl (C=O) groups excluding carboxylic acids is 2. The Hall–Kier alpha value is -3.21. The number of carbonyl (C=O) groups is 2. The van der Waals surface area contributed by atoms with Crippen molar-refractivity contribution in [3.63, 3.8) is 0 Å². The van der Waals surface area contributed by atoms with Crippen LogP contribution in [0.4, 0.5) is 0 Å². The first-order chi connectivity index (χ1) is 13.0. The third kappa shape index (κ3) is 4.31. The van der Waals surface area contributed by atoms with E-state index in [1.165, 1.54) is 0 Å². The summed E-state index contributed by atoms with van der Waals surface area (Å²) in [4.78, 5) is 36.5. The molecule has 0 unspecified atom stereocenters. The molecular formula is C22H20O5. The van der Waals surface area contributed by atoms with Crippen LogP contribution in [0, 0.1) is 6.92 Å². The molecule has 0 atom stereocenters. The fourth-order valence-electron chi connectivity index (χ4n) is 2.80. The van der Waals surface area contributed by atoms with Gasteiger partial charge in [-0.1, -0.05) is 49.2 Å². The molecule has 0 N–H and O–H groups in total. The molecule has 3 aromatic rings. The minimum Gasteiger partial charge on any atom is -0.451 e. The molecule has 0 saturated carbocycles. The Balaban J connectivity index is 1.70. The van der Waals surface area contributed by atoms with E-state index in [0.29, 0.717) is 16.5 Å². The summed E-state index contributed by atoms with van der Waals surface area (Å²) in [6, 6.07) is 13.4. The van der Waals surface area contributed by atoms with Gasteiger partial charge in [-0.05, 0) is 31.0 Å². The van der Waals surface area contributed by atoms with Crippen LogP contribution in [0.2, 0.25) is 0 Å². The number of aryl methyl sites for hydroxylation is 2. The molecular weight excluding hydrogens is 344 g/mol. The first-order valence-electron chi connectivity index (χ1n) is 8.81. The van der Waals surface area contributed by atoms with Gasteiger partial charge in [0.2, 0.25) is 5.76 Å². The lowest BCUT2D eigenvalue weighted by Crippen LogP contribution is -2.16. The lowest BCUT2D eigenvalue weighted by Gasteiger charge is -2.06. The lowest BCUT2D eigenvalue weighted by atomic mass is 10.1. The zero-order valence-corrected chi connectivity index (χ0v) is 15.3. The largest absolute Gasteiger partial charge is 0.451 e. The molecule has 5 heteroatoms. The van der Waals surface area contributed by atoms with Crippen molar-refractivity contribution in [3.8, 4) is 0 Å². The predicted octanol–water partition coefficient (Wildman–Crippen LogP) is 4.09. The van der Waals surface area contributed by atoms with Gasteiger partial charge in [-0.3, -0.25) is 9.59 Å². The Morgan fingerprint density at radius 3 is 2.48 bits per heavy atom. The van der Waals surface area contributed by atoms with Crippen LogP contribution in [0.1, 0.15) is 45.4 Å². The molecule has 0 aliphatic rings.